The third-order valence-electron chi connectivity index (χ3n) is 5.55. The Labute approximate surface area is 165 Å². The lowest BCUT2D eigenvalue weighted by atomic mass is 10.0. The molecular weight excluding hydrogens is 357 g/mol. The number of benzene rings is 1. The minimum absolute atomic E-state index is 0.176. The zero-order valence-corrected chi connectivity index (χ0v) is 17.0. The first-order chi connectivity index (χ1) is 13.4. The first kappa shape index (κ1) is 20.3. The smallest absolute Gasteiger partial charge is 0.330 e. The maximum Gasteiger partial charge on any atom is 0.330 e. The van der Waals surface area contributed by atoms with Gasteiger partial charge in [-0.25, -0.2) is 9.18 Å². The van der Waals surface area contributed by atoms with Crippen LogP contribution in [0.15, 0.2) is 30.3 Å². The van der Waals surface area contributed by atoms with Crippen LogP contribution < -0.4 is 0 Å². The minimum Gasteiger partial charge on any atom is -0.466 e. The summed E-state index contributed by atoms with van der Waals surface area (Å²) in [5.74, 6) is -0.376. The number of ether oxygens (including phenoxy) is 1. The number of aromatic nitrogens is 2. The van der Waals surface area contributed by atoms with Gasteiger partial charge in [-0.15, -0.1) is 0 Å². The van der Waals surface area contributed by atoms with Gasteiger partial charge in [0.2, 0.25) is 0 Å². The van der Waals surface area contributed by atoms with E-state index in [9.17, 15) is 9.18 Å². The second-order valence-electron chi connectivity index (χ2n) is 7.49. The van der Waals surface area contributed by atoms with Crippen LogP contribution >= 0.6 is 0 Å². The van der Waals surface area contributed by atoms with Crippen molar-refractivity contribution < 1.29 is 13.9 Å². The van der Waals surface area contributed by atoms with E-state index in [0.29, 0.717) is 19.5 Å². The fourth-order valence-corrected chi connectivity index (χ4v) is 3.88. The molecule has 1 aromatic heterocycles. The molecule has 150 valence electrons. The van der Waals surface area contributed by atoms with Gasteiger partial charge in [0.1, 0.15) is 6.17 Å². The molecule has 2 aromatic rings. The highest BCUT2D eigenvalue weighted by Gasteiger charge is 2.33. The van der Waals surface area contributed by atoms with Crippen molar-refractivity contribution in [2.75, 3.05) is 13.7 Å². The SMILES string of the molecule is COC(=O)/C=C/c1ccc(CN2C[C@H](F)C[C@@H]2Cc2c(C)nn(C)c2C)cc1. The van der Waals surface area contributed by atoms with Gasteiger partial charge in [-0.3, -0.25) is 9.58 Å². The number of alkyl halides is 1. The zero-order chi connectivity index (χ0) is 20.3. The average Bonchev–Trinajstić information content (AvgIpc) is 3.14. The van der Waals surface area contributed by atoms with Crippen molar-refractivity contribution in [1.29, 1.82) is 0 Å². The van der Waals surface area contributed by atoms with Crippen molar-refractivity contribution in [3.8, 4) is 0 Å². The molecular formula is C22H28FN3O2. The highest BCUT2D eigenvalue weighted by atomic mass is 19.1. The van der Waals surface area contributed by atoms with Gasteiger partial charge in [0.15, 0.2) is 0 Å². The molecule has 1 fully saturated rings. The predicted molar refractivity (Wildman–Crippen MR) is 108 cm³/mol. The maximum absolute atomic E-state index is 14.2. The van der Waals surface area contributed by atoms with Crippen LogP contribution in [0.5, 0.6) is 0 Å². The molecule has 0 radical (unpaired) electrons. The van der Waals surface area contributed by atoms with Gasteiger partial charge in [-0.1, -0.05) is 24.3 Å². The number of aryl methyl sites for hydroxylation is 2. The molecule has 2 atom stereocenters. The van der Waals surface area contributed by atoms with Crippen molar-refractivity contribution in [3.05, 3.63) is 58.4 Å². The lowest BCUT2D eigenvalue weighted by Gasteiger charge is -2.24. The normalized spacial score (nSPS) is 20.2. The van der Waals surface area contributed by atoms with Crippen LogP contribution in [0, 0.1) is 13.8 Å². The Morgan fingerprint density at radius 2 is 2.04 bits per heavy atom. The number of methoxy groups -OCH3 is 1. The van der Waals surface area contributed by atoms with E-state index >= 15 is 0 Å². The summed E-state index contributed by atoms with van der Waals surface area (Å²) in [6.45, 7) is 5.27. The summed E-state index contributed by atoms with van der Waals surface area (Å²) in [4.78, 5) is 13.4. The summed E-state index contributed by atoms with van der Waals surface area (Å²) in [6, 6.07) is 8.15. The molecule has 0 spiro atoms. The van der Waals surface area contributed by atoms with E-state index in [1.807, 2.05) is 42.9 Å². The van der Waals surface area contributed by atoms with Gasteiger partial charge in [-0.05, 0) is 49.5 Å². The highest BCUT2D eigenvalue weighted by molar-refractivity contribution is 5.86. The second kappa shape index (κ2) is 8.69. The molecule has 0 N–H and O–H groups in total. The fraction of sp³-hybridized carbons (Fsp3) is 0.455. The van der Waals surface area contributed by atoms with Crippen molar-refractivity contribution in [2.45, 2.75) is 45.4 Å². The van der Waals surface area contributed by atoms with Crippen molar-refractivity contribution in [2.24, 2.45) is 7.05 Å². The van der Waals surface area contributed by atoms with Crippen LogP contribution in [-0.2, 0) is 29.5 Å². The lowest BCUT2D eigenvalue weighted by Crippen LogP contribution is -2.31. The minimum atomic E-state index is -0.787. The van der Waals surface area contributed by atoms with Gasteiger partial charge >= 0.3 is 5.97 Å². The molecule has 1 aromatic carbocycles. The Kier molecular flexibility index (Phi) is 6.29. The van der Waals surface area contributed by atoms with E-state index in [1.54, 1.807) is 6.08 Å². The number of esters is 1. The quantitative estimate of drug-likeness (QED) is 0.565. The Morgan fingerprint density at radius 1 is 1.32 bits per heavy atom. The molecule has 3 rings (SSSR count). The van der Waals surface area contributed by atoms with Crippen LogP contribution in [0.25, 0.3) is 6.08 Å². The Bertz CT molecular complexity index is 857. The van der Waals surface area contributed by atoms with Crippen molar-refractivity contribution >= 4 is 12.0 Å². The number of hydrogen-bond donors (Lipinski definition) is 0. The molecule has 6 heteroatoms. The monoisotopic (exact) mass is 385 g/mol. The largest absolute Gasteiger partial charge is 0.466 e. The lowest BCUT2D eigenvalue weighted by molar-refractivity contribution is -0.134. The van der Waals surface area contributed by atoms with Gasteiger partial charge in [0.05, 0.1) is 12.8 Å². The Morgan fingerprint density at radius 3 is 2.64 bits per heavy atom. The van der Waals surface area contributed by atoms with E-state index in [1.165, 1.54) is 18.7 Å². The van der Waals surface area contributed by atoms with Crippen molar-refractivity contribution in [1.82, 2.24) is 14.7 Å². The standard InChI is InChI=1S/C22H28FN3O2/c1-15-21(16(2)25(3)24-15)12-20-11-19(23)14-26(20)13-18-7-5-17(6-8-18)9-10-22(27)28-4/h5-10,19-20H,11-14H2,1-4H3/b10-9+/t19-,20-/m1/s1. The summed E-state index contributed by atoms with van der Waals surface area (Å²) in [5.41, 5.74) is 5.48. The van der Waals surface area contributed by atoms with Crippen LogP contribution in [0.4, 0.5) is 4.39 Å². The summed E-state index contributed by atoms with van der Waals surface area (Å²) >= 11 is 0. The van der Waals surface area contributed by atoms with Gasteiger partial charge in [0, 0.05) is 37.9 Å². The summed E-state index contributed by atoms with van der Waals surface area (Å²) < 4.78 is 20.7. The number of rotatable bonds is 6. The van der Waals surface area contributed by atoms with Crippen LogP contribution in [0.3, 0.4) is 0 Å². The predicted octanol–water partition coefficient (Wildman–Crippen LogP) is 3.38. The third kappa shape index (κ3) is 4.68. The number of likely N-dealkylation sites (tertiary alicyclic amines) is 1. The molecule has 0 aliphatic carbocycles. The first-order valence-corrected chi connectivity index (χ1v) is 9.59. The molecule has 1 aliphatic rings. The molecule has 0 amide bonds. The van der Waals surface area contributed by atoms with Gasteiger partial charge in [-0.2, -0.15) is 5.10 Å². The first-order valence-electron chi connectivity index (χ1n) is 9.59. The average molecular weight is 385 g/mol. The maximum atomic E-state index is 14.2. The molecule has 5 nitrogen and oxygen atoms in total. The number of carbonyl (C=O) groups excluding carboxylic acids is 1. The molecule has 28 heavy (non-hydrogen) atoms. The third-order valence-corrected chi connectivity index (χ3v) is 5.55. The molecule has 0 saturated carbocycles. The van der Waals surface area contributed by atoms with Crippen LogP contribution in [-0.4, -0.2) is 46.5 Å². The summed E-state index contributed by atoms with van der Waals surface area (Å²) in [6.07, 6.45) is 3.72. The second-order valence-corrected chi connectivity index (χ2v) is 7.49. The van der Waals surface area contributed by atoms with E-state index < -0.39 is 6.17 Å². The molecule has 1 saturated heterocycles. The molecule has 0 unspecified atom stereocenters. The Hall–Kier alpha value is -2.47. The zero-order valence-electron chi connectivity index (χ0n) is 17.0. The van der Waals surface area contributed by atoms with Crippen molar-refractivity contribution in [3.63, 3.8) is 0 Å². The molecule has 2 heterocycles. The molecule has 1 aliphatic heterocycles. The fourth-order valence-electron chi connectivity index (χ4n) is 3.88. The summed E-state index contributed by atoms with van der Waals surface area (Å²) in [7, 11) is 3.31. The van der Waals surface area contributed by atoms with Gasteiger partial charge in [0.25, 0.3) is 0 Å². The highest BCUT2D eigenvalue weighted by Crippen LogP contribution is 2.27. The van der Waals surface area contributed by atoms with E-state index in [2.05, 4.69) is 21.7 Å². The number of nitrogens with zero attached hydrogens (tertiary/aromatic N) is 3. The van der Waals surface area contributed by atoms with Crippen LogP contribution in [0.2, 0.25) is 0 Å². The van der Waals surface area contributed by atoms with E-state index in [-0.39, 0.29) is 12.0 Å². The van der Waals surface area contributed by atoms with E-state index in [4.69, 9.17) is 0 Å². The summed E-state index contributed by atoms with van der Waals surface area (Å²) in [5, 5.41) is 4.49. The van der Waals surface area contributed by atoms with Gasteiger partial charge < -0.3 is 4.74 Å². The topological polar surface area (TPSA) is 47.4 Å². The number of hydrogen-bond acceptors (Lipinski definition) is 4. The van der Waals surface area contributed by atoms with E-state index in [0.717, 1.165) is 28.9 Å². The Balaban J connectivity index is 1.68. The van der Waals surface area contributed by atoms with Crippen LogP contribution in [0.1, 0.15) is 34.5 Å². The number of carbonyl (C=O) groups is 1. The number of halogens is 1. The molecule has 0 bridgehead atoms.